The molecule has 0 saturated carbocycles. The van der Waals surface area contributed by atoms with Gasteiger partial charge in [0.2, 0.25) is 9.84 Å². The van der Waals surface area contributed by atoms with Gasteiger partial charge in [-0.3, -0.25) is 9.20 Å². The van der Waals surface area contributed by atoms with Crippen molar-refractivity contribution in [1.82, 2.24) is 19.6 Å². The van der Waals surface area contributed by atoms with Gasteiger partial charge in [0, 0.05) is 12.5 Å². The molecule has 2 aromatic heterocycles. The van der Waals surface area contributed by atoms with Crippen LogP contribution in [0.25, 0.3) is 5.78 Å². The highest BCUT2D eigenvalue weighted by atomic mass is 32.2. The highest BCUT2D eigenvalue weighted by molar-refractivity contribution is 7.90. The fourth-order valence-electron chi connectivity index (χ4n) is 2.30. The largest absolute Gasteiger partial charge is 0.478 e. The van der Waals surface area contributed by atoms with E-state index in [0.29, 0.717) is 6.07 Å². The number of fused-ring (bicyclic) bond motifs is 1. The first-order chi connectivity index (χ1) is 13.1. The Bertz CT molecular complexity index is 1290. The zero-order valence-electron chi connectivity index (χ0n) is 14.0. The molecule has 0 aliphatic heterocycles. The van der Waals surface area contributed by atoms with Crippen LogP contribution in [-0.2, 0) is 9.84 Å². The molecule has 10 nitrogen and oxygen atoms in total. The summed E-state index contributed by atoms with van der Waals surface area (Å²) in [6, 6.07) is 2.89. The molecule has 2 heterocycles. The first-order valence-electron chi connectivity index (χ1n) is 7.38. The number of carbonyl (C=O) groups is 2. The van der Waals surface area contributed by atoms with Crippen LogP contribution < -0.4 is 5.32 Å². The number of halogens is 1. The molecular formula is C16H10FN5O5S. The van der Waals surface area contributed by atoms with Gasteiger partial charge in [0.15, 0.2) is 0 Å². The van der Waals surface area contributed by atoms with Gasteiger partial charge in [0.25, 0.3) is 16.8 Å². The molecule has 0 unspecified atom stereocenters. The Balaban J connectivity index is 2.00. The first-order valence-corrected chi connectivity index (χ1v) is 9.27. The highest BCUT2D eigenvalue weighted by Crippen LogP contribution is 2.21. The van der Waals surface area contributed by atoms with Gasteiger partial charge in [0.05, 0.1) is 16.8 Å². The predicted molar refractivity (Wildman–Crippen MR) is 93.1 cm³/mol. The third-order valence-electron chi connectivity index (χ3n) is 3.55. The quantitative estimate of drug-likeness (QED) is 0.603. The number of aromatic carboxylic acids is 1. The Morgan fingerprint density at radius 1 is 1.32 bits per heavy atom. The Labute approximate surface area is 157 Å². The van der Waals surface area contributed by atoms with Crippen LogP contribution >= 0.6 is 0 Å². The Kier molecular flexibility index (Phi) is 4.53. The van der Waals surface area contributed by atoms with Gasteiger partial charge in [-0.15, -0.1) is 16.6 Å². The van der Waals surface area contributed by atoms with Gasteiger partial charge in [-0.25, -0.2) is 22.6 Å². The fourth-order valence-corrected chi connectivity index (χ4v) is 2.98. The van der Waals surface area contributed by atoms with E-state index in [1.807, 2.05) is 5.92 Å². The second kappa shape index (κ2) is 6.71. The Morgan fingerprint density at radius 3 is 2.64 bits per heavy atom. The average Bonchev–Trinajstić information content (AvgIpc) is 3.06. The lowest BCUT2D eigenvalue weighted by atomic mass is 10.1. The lowest BCUT2D eigenvalue weighted by Gasteiger charge is -2.10. The molecule has 0 aliphatic rings. The maximum Gasteiger partial charge on any atom is 0.337 e. The number of amides is 1. The molecule has 0 bridgehead atoms. The van der Waals surface area contributed by atoms with E-state index in [1.165, 1.54) is 12.3 Å². The van der Waals surface area contributed by atoms with Gasteiger partial charge in [-0.2, -0.15) is 0 Å². The van der Waals surface area contributed by atoms with Crippen LogP contribution in [0.1, 0.15) is 26.4 Å². The van der Waals surface area contributed by atoms with Crippen LogP contribution in [0.4, 0.5) is 10.1 Å². The monoisotopic (exact) mass is 403 g/mol. The van der Waals surface area contributed by atoms with Crippen molar-refractivity contribution in [2.45, 2.75) is 5.16 Å². The van der Waals surface area contributed by atoms with Crippen LogP contribution in [0.15, 0.2) is 29.6 Å². The summed E-state index contributed by atoms with van der Waals surface area (Å²) in [7, 11) is -3.67. The number of carbonyl (C=O) groups excluding carboxylic acids is 1. The molecule has 28 heavy (non-hydrogen) atoms. The van der Waals surface area contributed by atoms with Crippen molar-refractivity contribution in [3.8, 4) is 12.3 Å². The highest BCUT2D eigenvalue weighted by Gasteiger charge is 2.20. The van der Waals surface area contributed by atoms with Gasteiger partial charge < -0.3 is 10.4 Å². The van der Waals surface area contributed by atoms with Crippen molar-refractivity contribution in [3.63, 3.8) is 0 Å². The predicted octanol–water partition coefficient (Wildman–Crippen LogP) is 0.599. The van der Waals surface area contributed by atoms with E-state index >= 15 is 0 Å². The molecule has 1 aromatic carbocycles. The van der Waals surface area contributed by atoms with E-state index in [2.05, 4.69) is 20.5 Å². The zero-order chi connectivity index (χ0) is 20.6. The second-order valence-corrected chi connectivity index (χ2v) is 7.43. The molecule has 0 fully saturated rings. The van der Waals surface area contributed by atoms with Crippen molar-refractivity contribution in [1.29, 1.82) is 0 Å². The SMILES string of the molecule is C#Cc1cc(NC(=O)c2ccn3c(S(C)(=O)=O)nnc3n2)c(C(=O)O)cc1F. The van der Waals surface area contributed by atoms with Crippen LogP contribution in [0.3, 0.4) is 0 Å². The number of hydrogen-bond acceptors (Lipinski definition) is 7. The summed E-state index contributed by atoms with van der Waals surface area (Å²) < 4.78 is 38.0. The van der Waals surface area contributed by atoms with Crippen LogP contribution in [0.5, 0.6) is 0 Å². The smallest absolute Gasteiger partial charge is 0.337 e. The number of aromatic nitrogens is 4. The number of nitrogens with one attached hydrogen (secondary N) is 1. The molecule has 0 atom stereocenters. The molecule has 3 aromatic rings. The van der Waals surface area contributed by atoms with E-state index in [1.54, 1.807) is 0 Å². The number of sulfone groups is 1. The van der Waals surface area contributed by atoms with Crippen molar-refractivity contribution < 1.29 is 27.5 Å². The maximum atomic E-state index is 13.7. The molecule has 0 radical (unpaired) electrons. The summed E-state index contributed by atoms with van der Waals surface area (Å²) in [6.07, 6.45) is 7.32. The van der Waals surface area contributed by atoms with Crippen LogP contribution in [0, 0.1) is 18.2 Å². The molecule has 3 rings (SSSR count). The van der Waals surface area contributed by atoms with E-state index in [-0.39, 0.29) is 27.9 Å². The Morgan fingerprint density at radius 2 is 2.04 bits per heavy atom. The zero-order valence-corrected chi connectivity index (χ0v) is 14.9. The average molecular weight is 403 g/mol. The van der Waals surface area contributed by atoms with Crippen LogP contribution in [-0.4, -0.2) is 51.2 Å². The minimum absolute atomic E-state index is 0.157. The fraction of sp³-hybridized carbons (Fsp3) is 0.0625. The number of carboxylic acids is 1. The van der Waals surface area contributed by atoms with Gasteiger partial charge in [0.1, 0.15) is 11.5 Å². The summed E-state index contributed by atoms with van der Waals surface area (Å²) in [4.78, 5) is 27.6. The second-order valence-electron chi connectivity index (χ2n) is 5.52. The molecule has 12 heteroatoms. The molecule has 0 saturated heterocycles. The molecule has 0 aliphatic carbocycles. The minimum Gasteiger partial charge on any atom is -0.478 e. The van der Waals surface area contributed by atoms with Gasteiger partial charge in [-0.1, -0.05) is 5.92 Å². The van der Waals surface area contributed by atoms with Gasteiger partial charge >= 0.3 is 5.97 Å². The normalized spacial score (nSPS) is 11.2. The number of carboxylic acid groups (broad SMARTS) is 1. The van der Waals surface area contributed by atoms with Crippen molar-refractivity contribution in [3.05, 3.63) is 47.0 Å². The van der Waals surface area contributed by atoms with E-state index < -0.39 is 33.1 Å². The van der Waals surface area contributed by atoms with Crippen LogP contribution in [0.2, 0.25) is 0 Å². The Hall–Kier alpha value is -3.85. The summed E-state index contributed by atoms with van der Waals surface area (Å²) in [5.74, 6) is -1.36. The number of hydrogen-bond donors (Lipinski definition) is 2. The lowest BCUT2D eigenvalue weighted by Crippen LogP contribution is -2.17. The number of rotatable bonds is 4. The molecule has 1 amide bonds. The van der Waals surface area contributed by atoms with E-state index in [0.717, 1.165) is 16.7 Å². The summed E-state index contributed by atoms with van der Waals surface area (Å²) in [5, 5.41) is 18.2. The van der Waals surface area contributed by atoms with Crippen molar-refractivity contribution >= 4 is 33.2 Å². The molecule has 0 spiro atoms. The van der Waals surface area contributed by atoms with Gasteiger partial charge in [-0.05, 0) is 18.2 Å². The molecule has 2 N–H and O–H groups in total. The minimum atomic E-state index is -3.67. The number of nitrogens with zero attached hydrogens (tertiary/aromatic N) is 4. The number of terminal acetylenes is 1. The van der Waals surface area contributed by atoms with Crippen molar-refractivity contribution in [2.75, 3.05) is 11.6 Å². The number of benzene rings is 1. The summed E-state index contributed by atoms with van der Waals surface area (Å²) >= 11 is 0. The first kappa shape index (κ1) is 18.9. The standard InChI is InChI=1S/C16H10FN5O5S/c1-3-8-6-12(9(14(24)25)7-10(8)17)18-13(23)11-4-5-22-15(19-11)20-21-16(22)28(2,26)27/h1,4-7H,2H3,(H,18,23)(H,24,25). The third kappa shape index (κ3) is 3.38. The maximum absolute atomic E-state index is 13.7. The number of anilines is 1. The summed E-state index contributed by atoms with van der Waals surface area (Å²) in [6.45, 7) is 0. The molecule has 142 valence electrons. The lowest BCUT2D eigenvalue weighted by molar-refractivity contribution is 0.0697. The van der Waals surface area contributed by atoms with Crippen molar-refractivity contribution in [2.24, 2.45) is 0 Å². The van der Waals surface area contributed by atoms with E-state index in [4.69, 9.17) is 6.42 Å². The van der Waals surface area contributed by atoms with E-state index in [9.17, 15) is 27.5 Å². The third-order valence-corrected chi connectivity index (χ3v) is 4.50. The molecular weight excluding hydrogens is 393 g/mol. The topological polar surface area (TPSA) is 144 Å². The summed E-state index contributed by atoms with van der Waals surface area (Å²) in [5.41, 5.74) is -1.18.